The van der Waals surface area contributed by atoms with E-state index in [-0.39, 0.29) is 11.9 Å². The molecule has 1 aliphatic carbocycles. The van der Waals surface area contributed by atoms with Crippen LogP contribution in [0, 0.1) is 5.92 Å². The number of ether oxygens (including phenoxy) is 1. The smallest absolute Gasteiger partial charge is 0.309 e. The summed E-state index contributed by atoms with van der Waals surface area (Å²) in [4.78, 5) is 11.5. The second kappa shape index (κ2) is 6.83. The molecule has 0 fully saturated rings. The largest absolute Gasteiger partial charge is 0.469 e. The molecule has 0 bridgehead atoms. The fraction of sp³-hybridized carbons (Fsp3) is 0.357. The zero-order valence-corrected chi connectivity index (χ0v) is 9.69. The van der Waals surface area contributed by atoms with Crippen LogP contribution in [0.5, 0.6) is 0 Å². The van der Waals surface area contributed by atoms with E-state index >= 15 is 0 Å². The van der Waals surface area contributed by atoms with Crippen molar-refractivity contribution in [1.82, 2.24) is 0 Å². The Hall–Kier alpha value is -1.57. The summed E-state index contributed by atoms with van der Waals surface area (Å²) >= 11 is 0. The summed E-state index contributed by atoms with van der Waals surface area (Å²) in [5, 5.41) is 0. The molecule has 0 saturated heterocycles. The number of hydrogen-bond donors (Lipinski definition) is 0. The normalized spacial score (nSPS) is 16.2. The van der Waals surface area contributed by atoms with Crippen LogP contribution < -0.4 is 0 Å². The number of methoxy groups -OCH3 is 1. The van der Waals surface area contributed by atoms with Crippen molar-refractivity contribution >= 4 is 5.97 Å². The van der Waals surface area contributed by atoms with Gasteiger partial charge in [-0.25, -0.2) is 0 Å². The fourth-order valence-electron chi connectivity index (χ4n) is 1.72. The van der Waals surface area contributed by atoms with Crippen LogP contribution in [0.3, 0.4) is 0 Å². The highest BCUT2D eigenvalue weighted by Gasteiger charge is 2.18. The first kappa shape index (κ1) is 12.5. The standard InChI is InChI=1S/C14H18O2/c1-3-8-13(14(15)16-2)11-12-9-6-4-5-7-10-12/h3-7,9,13H,1,8,10-11H2,2H3. The number of esters is 1. The molecule has 0 heterocycles. The van der Waals surface area contributed by atoms with Crippen LogP contribution in [0.15, 0.2) is 48.6 Å². The van der Waals surface area contributed by atoms with Gasteiger partial charge in [0.1, 0.15) is 0 Å². The van der Waals surface area contributed by atoms with Crippen LogP contribution in [0.25, 0.3) is 0 Å². The van der Waals surface area contributed by atoms with Gasteiger partial charge in [-0.3, -0.25) is 4.79 Å². The zero-order valence-electron chi connectivity index (χ0n) is 9.69. The van der Waals surface area contributed by atoms with Crippen LogP contribution in [-0.4, -0.2) is 13.1 Å². The van der Waals surface area contributed by atoms with Crippen LogP contribution in [0.1, 0.15) is 19.3 Å². The maximum Gasteiger partial charge on any atom is 0.309 e. The van der Waals surface area contributed by atoms with Crippen molar-refractivity contribution in [3.05, 3.63) is 48.6 Å². The van der Waals surface area contributed by atoms with Crippen LogP contribution >= 0.6 is 0 Å². The highest BCUT2D eigenvalue weighted by Crippen LogP contribution is 2.21. The number of rotatable bonds is 5. The van der Waals surface area contributed by atoms with Gasteiger partial charge in [-0.15, -0.1) is 6.58 Å². The Morgan fingerprint density at radius 3 is 3.06 bits per heavy atom. The predicted octanol–water partition coefficient (Wildman–Crippen LogP) is 3.18. The maximum absolute atomic E-state index is 11.5. The highest BCUT2D eigenvalue weighted by atomic mass is 16.5. The van der Waals surface area contributed by atoms with E-state index < -0.39 is 0 Å². The average molecular weight is 218 g/mol. The molecular formula is C14H18O2. The molecule has 0 aromatic carbocycles. The van der Waals surface area contributed by atoms with Crippen LogP contribution in [0.2, 0.25) is 0 Å². The van der Waals surface area contributed by atoms with Gasteiger partial charge in [0.25, 0.3) is 0 Å². The first-order valence-electron chi connectivity index (χ1n) is 5.48. The van der Waals surface area contributed by atoms with Gasteiger partial charge in [-0.2, -0.15) is 0 Å². The first-order valence-corrected chi connectivity index (χ1v) is 5.48. The van der Waals surface area contributed by atoms with Crippen molar-refractivity contribution in [1.29, 1.82) is 0 Å². The molecule has 2 nitrogen and oxygen atoms in total. The Morgan fingerprint density at radius 2 is 2.38 bits per heavy atom. The average Bonchev–Trinajstić information content (AvgIpc) is 2.56. The van der Waals surface area contributed by atoms with Crippen LogP contribution in [-0.2, 0) is 9.53 Å². The SMILES string of the molecule is C=CCC(CC1=CC=CC=CC1)C(=O)OC. The summed E-state index contributed by atoms with van der Waals surface area (Å²) in [6, 6.07) is 0. The molecule has 86 valence electrons. The molecule has 1 unspecified atom stereocenters. The molecule has 2 heteroatoms. The lowest BCUT2D eigenvalue weighted by atomic mass is 9.94. The third kappa shape index (κ3) is 3.89. The lowest BCUT2D eigenvalue weighted by molar-refractivity contribution is -0.145. The van der Waals surface area contributed by atoms with E-state index in [9.17, 15) is 4.79 Å². The minimum Gasteiger partial charge on any atom is -0.469 e. The molecule has 0 N–H and O–H groups in total. The van der Waals surface area contributed by atoms with E-state index in [1.807, 2.05) is 18.2 Å². The number of carbonyl (C=O) groups excluding carboxylic acids is 1. The molecule has 1 atom stereocenters. The van der Waals surface area contributed by atoms with E-state index in [1.54, 1.807) is 6.08 Å². The summed E-state index contributed by atoms with van der Waals surface area (Å²) in [6.07, 6.45) is 14.3. The van der Waals surface area contributed by atoms with Crippen molar-refractivity contribution in [2.24, 2.45) is 5.92 Å². The van der Waals surface area contributed by atoms with Gasteiger partial charge in [0, 0.05) is 0 Å². The molecule has 0 amide bonds. The van der Waals surface area contributed by atoms with Crippen molar-refractivity contribution in [2.45, 2.75) is 19.3 Å². The Labute approximate surface area is 97.0 Å². The third-order valence-electron chi connectivity index (χ3n) is 2.56. The van der Waals surface area contributed by atoms with E-state index in [1.165, 1.54) is 12.7 Å². The Balaban J connectivity index is 2.63. The summed E-state index contributed by atoms with van der Waals surface area (Å²) in [5.74, 6) is -0.258. The molecule has 0 aliphatic heterocycles. The number of hydrogen-bond acceptors (Lipinski definition) is 2. The second-order valence-corrected chi connectivity index (χ2v) is 3.79. The zero-order chi connectivity index (χ0) is 11.8. The van der Waals surface area contributed by atoms with Gasteiger partial charge < -0.3 is 4.74 Å². The maximum atomic E-state index is 11.5. The van der Waals surface area contributed by atoms with Crippen molar-refractivity contribution in [3.63, 3.8) is 0 Å². The van der Waals surface area contributed by atoms with Crippen LogP contribution in [0.4, 0.5) is 0 Å². The minimum absolute atomic E-state index is 0.103. The second-order valence-electron chi connectivity index (χ2n) is 3.79. The van der Waals surface area contributed by atoms with Gasteiger partial charge in [0.2, 0.25) is 0 Å². The third-order valence-corrected chi connectivity index (χ3v) is 2.56. The summed E-state index contributed by atoms with van der Waals surface area (Å²) in [5.41, 5.74) is 1.25. The Morgan fingerprint density at radius 1 is 1.56 bits per heavy atom. The highest BCUT2D eigenvalue weighted by molar-refractivity contribution is 5.72. The van der Waals surface area contributed by atoms with Crippen molar-refractivity contribution < 1.29 is 9.53 Å². The predicted molar refractivity (Wildman–Crippen MR) is 65.9 cm³/mol. The van der Waals surface area contributed by atoms with Gasteiger partial charge in [0.05, 0.1) is 13.0 Å². The van der Waals surface area contributed by atoms with E-state index in [4.69, 9.17) is 4.74 Å². The fourth-order valence-corrected chi connectivity index (χ4v) is 1.72. The molecule has 0 aromatic rings. The van der Waals surface area contributed by atoms with Crippen molar-refractivity contribution in [2.75, 3.05) is 7.11 Å². The molecule has 0 spiro atoms. The first-order chi connectivity index (χ1) is 7.77. The number of allylic oxidation sites excluding steroid dienone is 7. The van der Waals surface area contributed by atoms with E-state index in [0.717, 1.165) is 12.8 Å². The minimum atomic E-state index is -0.155. The van der Waals surface area contributed by atoms with Crippen molar-refractivity contribution in [3.8, 4) is 0 Å². The molecular weight excluding hydrogens is 200 g/mol. The summed E-state index contributed by atoms with van der Waals surface area (Å²) in [7, 11) is 1.43. The van der Waals surface area contributed by atoms with E-state index in [2.05, 4.69) is 18.7 Å². The quantitative estimate of drug-likeness (QED) is 0.523. The van der Waals surface area contributed by atoms with E-state index in [0.29, 0.717) is 6.42 Å². The molecule has 0 saturated carbocycles. The van der Waals surface area contributed by atoms with Gasteiger partial charge >= 0.3 is 5.97 Å². The Kier molecular flexibility index (Phi) is 5.34. The van der Waals surface area contributed by atoms with Gasteiger partial charge in [-0.05, 0) is 19.3 Å². The van der Waals surface area contributed by atoms with Gasteiger partial charge in [-0.1, -0.05) is 42.0 Å². The molecule has 1 rings (SSSR count). The number of carbonyl (C=O) groups is 1. The Bertz CT molecular complexity index is 335. The summed E-state index contributed by atoms with van der Waals surface area (Å²) in [6.45, 7) is 3.67. The monoisotopic (exact) mass is 218 g/mol. The lowest BCUT2D eigenvalue weighted by Gasteiger charge is -2.13. The molecule has 0 aromatic heterocycles. The molecule has 16 heavy (non-hydrogen) atoms. The topological polar surface area (TPSA) is 26.3 Å². The molecule has 0 radical (unpaired) electrons. The summed E-state index contributed by atoms with van der Waals surface area (Å²) < 4.78 is 4.79. The lowest BCUT2D eigenvalue weighted by Crippen LogP contribution is -2.16. The van der Waals surface area contributed by atoms with Gasteiger partial charge in [0.15, 0.2) is 0 Å². The molecule has 1 aliphatic rings.